The van der Waals surface area contributed by atoms with Crippen LogP contribution in [0.3, 0.4) is 0 Å². The maximum Gasteiger partial charge on any atom is 0.193 e. The highest BCUT2D eigenvalue weighted by atomic mass is 16.5. The fraction of sp³-hybridized carbons (Fsp3) is 0.133. The molecule has 2 aromatic rings. The van der Waals surface area contributed by atoms with Crippen molar-refractivity contribution in [2.45, 2.75) is 6.92 Å². The lowest BCUT2D eigenvalue weighted by Gasteiger charge is -2.05. The summed E-state index contributed by atoms with van der Waals surface area (Å²) in [5.41, 5.74) is 7.52. The van der Waals surface area contributed by atoms with Crippen LogP contribution < -0.4 is 10.5 Å². The molecule has 0 spiro atoms. The van der Waals surface area contributed by atoms with Crippen LogP contribution in [0.1, 0.15) is 22.8 Å². The third-order valence-corrected chi connectivity index (χ3v) is 2.60. The minimum absolute atomic E-state index is 0.0157. The standard InChI is InChI=1S/C15H15NO2/c1-2-18-14-9-5-12(6-10-14)15(17)11-3-7-13(16)8-4-11/h3-10H,2,16H2,1H3. The van der Waals surface area contributed by atoms with E-state index in [1.807, 2.05) is 6.92 Å². The van der Waals surface area contributed by atoms with Crippen LogP contribution in [0.25, 0.3) is 0 Å². The van der Waals surface area contributed by atoms with Gasteiger partial charge in [-0.05, 0) is 55.5 Å². The number of carbonyl (C=O) groups is 1. The van der Waals surface area contributed by atoms with Crippen LogP contribution in [-0.4, -0.2) is 12.4 Å². The van der Waals surface area contributed by atoms with E-state index in [9.17, 15) is 4.79 Å². The van der Waals surface area contributed by atoms with Gasteiger partial charge in [0.25, 0.3) is 0 Å². The predicted molar refractivity (Wildman–Crippen MR) is 71.9 cm³/mol. The smallest absolute Gasteiger partial charge is 0.193 e. The van der Waals surface area contributed by atoms with Crippen molar-refractivity contribution in [2.24, 2.45) is 0 Å². The summed E-state index contributed by atoms with van der Waals surface area (Å²) in [5.74, 6) is 0.754. The second-order valence-corrected chi connectivity index (χ2v) is 3.91. The van der Waals surface area contributed by atoms with Gasteiger partial charge in [0, 0.05) is 16.8 Å². The number of hydrogen-bond acceptors (Lipinski definition) is 3. The van der Waals surface area contributed by atoms with E-state index in [4.69, 9.17) is 10.5 Å². The Morgan fingerprint density at radius 3 is 2.00 bits per heavy atom. The van der Waals surface area contributed by atoms with Crippen LogP contribution in [0.4, 0.5) is 5.69 Å². The number of ketones is 1. The molecule has 3 heteroatoms. The van der Waals surface area contributed by atoms with Crippen molar-refractivity contribution in [2.75, 3.05) is 12.3 Å². The maximum absolute atomic E-state index is 12.1. The topological polar surface area (TPSA) is 52.3 Å². The first kappa shape index (κ1) is 12.2. The fourth-order valence-corrected chi connectivity index (χ4v) is 1.67. The summed E-state index contributed by atoms with van der Waals surface area (Å²) in [4.78, 5) is 12.1. The second kappa shape index (κ2) is 5.36. The molecule has 0 aliphatic heterocycles. The lowest BCUT2D eigenvalue weighted by Crippen LogP contribution is -2.01. The van der Waals surface area contributed by atoms with E-state index in [0.29, 0.717) is 23.4 Å². The Hall–Kier alpha value is -2.29. The number of anilines is 1. The van der Waals surface area contributed by atoms with Crippen LogP contribution in [0, 0.1) is 0 Å². The van der Waals surface area contributed by atoms with Gasteiger partial charge in [0.2, 0.25) is 0 Å². The molecule has 0 fully saturated rings. The molecular weight excluding hydrogens is 226 g/mol. The van der Waals surface area contributed by atoms with E-state index >= 15 is 0 Å². The number of rotatable bonds is 4. The molecule has 92 valence electrons. The quantitative estimate of drug-likeness (QED) is 0.661. The average molecular weight is 241 g/mol. The van der Waals surface area contributed by atoms with E-state index in [2.05, 4.69) is 0 Å². The largest absolute Gasteiger partial charge is 0.494 e. The van der Waals surface area contributed by atoms with Crippen molar-refractivity contribution in [3.05, 3.63) is 59.7 Å². The summed E-state index contributed by atoms with van der Waals surface area (Å²) in [7, 11) is 0. The summed E-state index contributed by atoms with van der Waals surface area (Å²) in [6.45, 7) is 2.54. The molecule has 0 unspecified atom stereocenters. The molecule has 2 rings (SSSR count). The van der Waals surface area contributed by atoms with Crippen molar-refractivity contribution in [1.82, 2.24) is 0 Å². The molecular formula is C15H15NO2. The molecule has 2 N–H and O–H groups in total. The Labute approximate surface area is 106 Å². The molecule has 18 heavy (non-hydrogen) atoms. The molecule has 0 atom stereocenters. The molecule has 0 radical (unpaired) electrons. The monoisotopic (exact) mass is 241 g/mol. The third kappa shape index (κ3) is 2.69. The van der Waals surface area contributed by atoms with Crippen molar-refractivity contribution in [1.29, 1.82) is 0 Å². The van der Waals surface area contributed by atoms with E-state index in [-0.39, 0.29) is 5.78 Å². The predicted octanol–water partition coefficient (Wildman–Crippen LogP) is 2.90. The molecule has 0 aliphatic carbocycles. The molecule has 0 heterocycles. The summed E-state index contributed by atoms with van der Waals surface area (Å²) in [6.07, 6.45) is 0. The third-order valence-electron chi connectivity index (χ3n) is 2.60. The fourth-order valence-electron chi connectivity index (χ4n) is 1.67. The first-order chi connectivity index (χ1) is 8.70. The van der Waals surface area contributed by atoms with Gasteiger partial charge in [-0.15, -0.1) is 0 Å². The SMILES string of the molecule is CCOc1ccc(C(=O)c2ccc(N)cc2)cc1. The minimum Gasteiger partial charge on any atom is -0.494 e. The van der Waals surface area contributed by atoms with E-state index in [1.165, 1.54) is 0 Å². The Bertz CT molecular complexity index is 529. The zero-order chi connectivity index (χ0) is 13.0. The van der Waals surface area contributed by atoms with Gasteiger partial charge in [0.05, 0.1) is 6.61 Å². The van der Waals surface area contributed by atoms with Crippen LogP contribution in [0.15, 0.2) is 48.5 Å². The van der Waals surface area contributed by atoms with Crippen LogP contribution >= 0.6 is 0 Å². The van der Waals surface area contributed by atoms with Crippen molar-refractivity contribution < 1.29 is 9.53 Å². The Morgan fingerprint density at radius 2 is 1.50 bits per heavy atom. The molecule has 0 amide bonds. The van der Waals surface area contributed by atoms with E-state index in [1.54, 1.807) is 48.5 Å². The average Bonchev–Trinajstić information content (AvgIpc) is 2.40. The maximum atomic E-state index is 12.1. The molecule has 2 aromatic carbocycles. The van der Waals surface area contributed by atoms with Gasteiger partial charge in [0.1, 0.15) is 5.75 Å². The number of carbonyl (C=O) groups excluding carboxylic acids is 1. The van der Waals surface area contributed by atoms with Crippen LogP contribution in [0.2, 0.25) is 0 Å². The highest BCUT2D eigenvalue weighted by molar-refractivity contribution is 6.09. The molecule has 0 saturated carbocycles. The normalized spacial score (nSPS) is 10.1. The number of ether oxygens (including phenoxy) is 1. The number of hydrogen-bond donors (Lipinski definition) is 1. The van der Waals surface area contributed by atoms with E-state index in [0.717, 1.165) is 5.75 Å². The zero-order valence-corrected chi connectivity index (χ0v) is 10.2. The molecule has 0 saturated heterocycles. The van der Waals surface area contributed by atoms with Crippen molar-refractivity contribution >= 4 is 11.5 Å². The lowest BCUT2D eigenvalue weighted by atomic mass is 10.0. The first-order valence-electron chi connectivity index (χ1n) is 5.84. The van der Waals surface area contributed by atoms with Gasteiger partial charge in [-0.2, -0.15) is 0 Å². The van der Waals surface area contributed by atoms with Gasteiger partial charge in [0.15, 0.2) is 5.78 Å². The Kier molecular flexibility index (Phi) is 3.63. The Morgan fingerprint density at radius 1 is 1.00 bits per heavy atom. The summed E-state index contributed by atoms with van der Waals surface area (Å²) in [5, 5.41) is 0. The highest BCUT2D eigenvalue weighted by Crippen LogP contribution is 2.16. The van der Waals surface area contributed by atoms with Gasteiger partial charge >= 0.3 is 0 Å². The van der Waals surface area contributed by atoms with Gasteiger partial charge in [-0.3, -0.25) is 4.79 Å². The molecule has 0 aromatic heterocycles. The summed E-state index contributed by atoms with van der Waals surface area (Å²) >= 11 is 0. The lowest BCUT2D eigenvalue weighted by molar-refractivity contribution is 0.103. The van der Waals surface area contributed by atoms with Crippen LogP contribution in [0.5, 0.6) is 5.75 Å². The summed E-state index contributed by atoms with van der Waals surface area (Å²) in [6, 6.07) is 14.0. The molecule has 0 bridgehead atoms. The van der Waals surface area contributed by atoms with Crippen molar-refractivity contribution in [3.8, 4) is 5.75 Å². The second-order valence-electron chi connectivity index (χ2n) is 3.91. The zero-order valence-electron chi connectivity index (χ0n) is 10.2. The van der Waals surface area contributed by atoms with Crippen molar-refractivity contribution in [3.63, 3.8) is 0 Å². The minimum atomic E-state index is -0.0157. The van der Waals surface area contributed by atoms with E-state index < -0.39 is 0 Å². The van der Waals surface area contributed by atoms with Gasteiger partial charge < -0.3 is 10.5 Å². The number of benzene rings is 2. The summed E-state index contributed by atoms with van der Waals surface area (Å²) < 4.78 is 5.33. The Balaban J connectivity index is 2.20. The van der Waals surface area contributed by atoms with Gasteiger partial charge in [-0.25, -0.2) is 0 Å². The first-order valence-corrected chi connectivity index (χ1v) is 5.84. The number of nitrogen functional groups attached to an aromatic ring is 1. The number of nitrogens with two attached hydrogens (primary N) is 1. The van der Waals surface area contributed by atoms with Crippen LogP contribution in [-0.2, 0) is 0 Å². The molecule has 3 nitrogen and oxygen atoms in total. The molecule has 0 aliphatic rings. The highest BCUT2D eigenvalue weighted by Gasteiger charge is 2.08. The van der Waals surface area contributed by atoms with Gasteiger partial charge in [-0.1, -0.05) is 0 Å².